The van der Waals surface area contributed by atoms with Crippen LogP contribution in [-0.2, 0) is 4.79 Å². The second-order valence-electron chi connectivity index (χ2n) is 3.72. The minimum atomic E-state index is -0.913. The van der Waals surface area contributed by atoms with E-state index in [-0.39, 0.29) is 6.10 Å². The highest BCUT2D eigenvalue weighted by Crippen LogP contribution is 2.18. The van der Waals surface area contributed by atoms with E-state index in [1.165, 1.54) is 6.20 Å². The first-order chi connectivity index (χ1) is 7.54. The van der Waals surface area contributed by atoms with Crippen LogP contribution in [0.3, 0.4) is 0 Å². The highest BCUT2D eigenvalue weighted by atomic mass is 16.5. The van der Waals surface area contributed by atoms with Crippen molar-refractivity contribution in [3.05, 3.63) is 18.1 Å². The lowest BCUT2D eigenvalue weighted by molar-refractivity contribution is -0.139. The Kier molecular flexibility index (Phi) is 4.22. The van der Waals surface area contributed by atoms with E-state index in [2.05, 4.69) is 9.97 Å². The fraction of sp³-hybridized carbons (Fsp3) is 0.545. The molecule has 1 aromatic rings. The SMILES string of the molecule is CCC(C(=O)O)c1nccc(OC(C)C)n1. The molecule has 1 N–H and O–H groups in total. The predicted molar refractivity (Wildman–Crippen MR) is 58.5 cm³/mol. The largest absolute Gasteiger partial charge is 0.481 e. The average Bonchev–Trinajstić information content (AvgIpc) is 2.17. The molecule has 0 fully saturated rings. The zero-order valence-corrected chi connectivity index (χ0v) is 9.67. The molecular weight excluding hydrogens is 208 g/mol. The van der Waals surface area contributed by atoms with Gasteiger partial charge < -0.3 is 9.84 Å². The lowest BCUT2D eigenvalue weighted by Gasteiger charge is -2.11. The highest BCUT2D eigenvalue weighted by Gasteiger charge is 2.21. The van der Waals surface area contributed by atoms with Crippen LogP contribution in [0.1, 0.15) is 38.9 Å². The van der Waals surface area contributed by atoms with Gasteiger partial charge in [-0.05, 0) is 20.3 Å². The molecule has 0 aliphatic heterocycles. The monoisotopic (exact) mass is 224 g/mol. The third-order valence-corrected chi connectivity index (χ3v) is 2.02. The summed E-state index contributed by atoms with van der Waals surface area (Å²) in [4.78, 5) is 19.0. The fourth-order valence-electron chi connectivity index (χ4n) is 1.30. The molecular formula is C11H16N2O3. The van der Waals surface area contributed by atoms with Crippen LogP contribution in [0.5, 0.6) is 5.88 Å². The second-order valence-corrected chi connectivity index (χ2v) is 3.72. The molecule has 0 spiro atoms. The Morgan fingerprint density at radius 3 is 2.75 bits per heavy atom. The number of aromatic nitrogens is 2. The van der Waals surface area contributed by atoms with Gasteiger partial charge in [0.15, 0.2) is 0 Å². The van der Waals surface area contributed by atoms with Crippen molar-refractivity contribution in [3.63, 3.8) is 0 Å². The summed E-state index contributed by atoms with van der Waals surface area (Å²) in [6.07, 6.45) is 1.99. The number of nitrogens with zero attached hydrogens (tertiary/aromatic N) is 2. The Bertz CT molecular complexity index is 366. The Balaban J connectivity index is 2.92. The summed E-state index contributed by atoms with van der Waals surface area (Å²) in [6, 6.07) is 1.62. The van der Waals surface area contributed by atoms with Gasteiger partial charge in [0.05, 0.1) is 6.10 Å². The van der Waals surface area contributed by atoms with Crippen molar-refractivity contribution < 1.29 is 14.6 Å². The molecule has 1 heterocycles. The Labute approximate surface area is 94.5 Å². The van der Waals surface area contributed by atoms with Crippen molar-refractivity contribution in [3.8, 4) is 5.88 Å². The molecule has 1 rings (SSSR count). The lowest BCUT2D eigenvalue weighted by atomic mass is 10.1. The van der Waals surface area contributed by atoms with Crippen molar-refractivity contribution in [1.82, 2.24) is 9.97 Å². The molecule has 0 saturated heterocycles. The molecule has 1 unspecified atom stereocenters. The van der Waals surface area contributed by atoms with E-state index in [0.717, 1.165) is 0 Å². The maximum Gasteiger partial charge on any atom is 0.314 e. The van der Waals surface area contributed by atoms with E-state index >= 15 is 0 Å². The molecule has 16 heavy (non-hydrogen) atoms. The maximum atomic E-state index is 10.9. The smallest absolute Gasteiger partial charge is 0.314 e. The van der Waals surface area contributed by atoms with Crippen LogP contribution in [0.2, 0.25) is 0 Å². The van der Waals surface area contributed by atoms with E-state index in [1.54, 1.807) is 13.0 Å². The first kappa shape index (κ1) is 12.4. The molecule has 1 atom stereocenters. The zero-order chi connectivity index (χ0) is 12.1. The molecule has 5 heteroatoms. The van der Waals surface area contributed by atoms with Crippen LogP contribution in [0.15, 0.2) is 12.3 Å². The van der Waals surface area contributed by atoms with Crippen molar-refractivity contribution in [2.45, 2.75) is 39.2 Å². The maximum absolute atomic E-state index is 10.9. The number of aliphatic carboxylic acids is 1. The minimum absolute atomic E-state index is 0.00709. The fourth-order valence-corrected chi connectivity index (χ4v) is 1.30. The van der Waals surface area contributed by atoms with E-state index in [9.17, 15) is 4.79 Å². The first-order valence-corrected chi connectivity index (χ1v) is 5.27. The summed E-state index contributed by atoms with van der Waals surface area (Å²) in [5.74, 6) is -0.868. The molecule has 1 aromatic heterocycles. The number of hydrogen-bond donors (Lipinski definition) is 1. The van der Waals surface area contributed by atoms with E-state index in [1.807, 2.05) is 13.8 Å². The van der Waals surface area contributed by atoms with Crippen LogP contribution in [0, 0.1) is 0 Å². The van der Waals surface area contributed by atoms with Crippen molar-refractivity contribution in [2.75, 3.05) is 0 Å². The van der Waals surface area contributed by atoms with Gasteiger partial charge in [0.1, 0.15) is 11.7 Å². The molecule has 0 aromatic carbocycles. The Morgan fingerprint density at radius 1 is 1.56 bits per heavy atom. The highest BCUT2D eigenvalue weighted by molar-refractivity contribution is 5.74. The van der Waals surface area contributed by atoms with E-state index in [4.69, 9.17) is 9.84 Å². The molecule has 0 radical (unpaired) electrons. The number of carboxylic acids is 1. The van der Waals surface area contributed by atoms with Gasteiger partial charge in [-0.1, -0.05) is 6.92 Å². The van der Waals surface area contributed by atoms with Crippen molar-refractivity contribution >= 4 is 5.97 Å². The molecule has 0 bridgehead atoms. The number of carboxylic acid groups (broad SMARTS) is 1. The quantitative estimate of drug-likeness (QED) is 0.826. The van der Waals surface area contributed by atoms with Crippen LogP contribution < -0.4 is 4.74 Å². The first-order valence-electron chi connectivity index (χ1n) is 5.27. The van der Waals surface area contributed by atoms with Gasteiger partial charge in [-0.3, -0.25) is 4.79 Å². The van der Waals surface area contributed by atoms with E-state index in [0.29, 0.717) is 18.1 Å². The van der Waals surface area contributed by atoms with Crippen LogP contribution in [0.4, 0.5) is 0 Å². The normalized spacial score (nSPS) is 12.5. The third kappa shape index (κ3) is 3.18. The number of rotatable bonds is 5. The number of carbonyl (C=O) groups is 1. The lowest BCUT2D eigenvalue weighted by Crippen LogP contribution is -2.15. The van der Waals surface area contributed by atoms with Crippen LogP contribution >= 0.6 is 0 Å². The van der Waals surface area contributed by atoms with Gasteiger partial charge in [0.2, 0.25) is 5.88 Å². The molecule has 0 aliphatic rings. The summed E-state index contributed by atoms with van der Waals surface area (Å²) in [6.45, 7) is 5.56. The van der Waals surface area contributed by atoms with Gasteiger partial charge in [0, 0.05) is 12.3 Å². The van der Waals surface area contributed by atoms with Gasteiger partial charge in [0.25, 0.3) is 0 Å². The standard InChI is InChI=1S/C11H16N2O3/c1-4-8(11(14)15)10-12-6-5-9(13-10)16-7(2)3/h5-8H,4H2,1-3H3,(H,14,15). The van der Waals surface area contributed by atoms with Crippen LogP contribution in [0.25, 0.3) is 0 Å². The van der Waals surface area contributed by atoms with Gasteiger partial charge >= 0.3 is 5.97 Å². The summed E-state index contributed by atoms with van der Waals surface area (Å²) in [5, 5.41) is 8.98. The average molecular weight is 224 g/mol. The molecule has 5 nitrogen and oxygen atoms in total. The topological polar surface area (TPSA) is 72.3 Å². The van der Waals surface area contributed by atoms with Crippen LogP contribution in [-0.4, -0.2) is 27.1 Å². The summed E-state index contributed by atoms with van der Waals surface area (Å²) in [7, 11) is 0. The predicted octanol–water partition coefficient (Wildman–Crippen LogP) is 1.84. The Hall–Kier alpha value is -1.65. The zero-order valence-electron chi connectivity index (χ0n) is 9.67. The third-order valence-electron chi connectivity index (χ3n) is 2.02. The summed E-state index contributed by atoms with van der Waals surface area (Å²) in [5.41, 5.74) is 0. The molecule has 0 amide bonds. The van der Waals surface area contributed by atoms with Gasteiger partial charge in [-0.2, -0.15) is 4.98 Å². The van der Waals surface area contributed by atoms with Crippen molar-refractivity contribution in [2.24, 2.45) is 0 Å². The molecule has 88 valence electrons. The molecule has 0 saturated carbocycles. The van der Waals surface area contributed by atoms with Gasteiger partial charge in [-0.25, -0.2) is 4.98 Å². The van der Waals surface area contributed by atoms with E-state index < -0.39 is 11.9 Å². The second kappa shape index (κ2) is 5.44. The summed E-state index contributed by atoms with van der Waals surface area (Å²) < 4.78 is 5.39. The molecule has 0 aliphatic carbocycles. The summed E-state index contributed by atoms with van der Waals surface area (Å²) >= 11 is 0. The Morgan fingerprint density at radius 2 is 2.25 bits per heavy atom. The van der Waals surface area contributed by atoms with Gasteiger partial charge in [-0.15, -0.1) is 0 Å². The van der Waals surface area contributed by atoms with Crippen molar-refractivity contribution in [1.29, 1.82) is 0 Å². The number of ether oxygens (including phenoxy) is 1. The number of hydrogen-bond acceptors (Lipinski definition) is 4. The minimum Gasteiger partial charge on any atom is -0.481 e.